The summed E-state index contributed by atoms with van der Waals surface area (Å²) in [5.41, 5.74) is -0.760. The maximum Gasteiger partial charge on any atom is 0.100 e. The number of ether oxygens (including phenoxy) is 8. The van der Waals surface area contributed by atoms with E-state index in [4.69, 9.17) is 58.3 Å². The molecule has 22 nitrogen and oxygen atoms in total. The number of hydrogen-bond acceptors (Lipinski definition) is 22. The van der Waals surface area contributed by atoms with Crippen LogP contribution < -0.4 is 0 Å². The fraction of sp³-hybridized carbons (Fsp3) is 1.00. The fourth-order valence-corrected chi connectivity index (χ4v) is 13.8. The quantitative estimate of drug-likeness (QED) is 0.0252. The average molecular weight is 1560 g/mol. The Balaban J connectivity index is 0. The predicted molar refractivity (Wildman–Crippen MR) is 433 cm³/mol. The molecule has 0 radical (unpaired) electrons. The molecule has 3 aliphatic heterocycles. The van der Waals surface area contributed by atoms with Gasteiger partial charge in [-0.1, -0.05) is 280 Å². The first-order valence-electron chi connectivity index (χ1n) is 42.8. The number of rotatable bonds is 51. The van der Waals surface area contributed by atoms with Gasteiger partial charge in [-0.3, -0.25) is 0 Å². The first-order chi connectivity index (χ1) is 50.5. The standard InChI is InChI=1S/C18H36O4.2C17H34O5.2C17H36O4/c1-6-8-9-10-15-14(20)11-16(22-15)17(18(3,4)5)21-12-13(19)7-2;1-5-6-7-8-14(21-11-12(19)10-18)15-9-13(20)16(22-15)17(2,3)4;1-5-6-7-8-13(20)14-9-15(21-11-12(19)10-18)16(22-14)17(2,3)4;1-5-6-7-8-9-10-11-15(16(20)17(2,3)4)21-13-14(19)12-18;1-5-6-7-8-9-10-11-15(20)16(17(2,3)4)21-13-14(19)12-18/h13-17,19-20H,6-12H2,1-5H3;2*12-16,18-20H,5-11H2,1-4H3;2*14-16,18-20H,5-13H2,1-4H3. The molecule has 3 heterocycles. The van der Waals surface area contributed by atoms with Crippen LogP contribution in [0.1, 0.15) is 338 Å². The van der Waals surface area contributed by atoms with Crippen molar-refractivity contribution in [3.63, 3.8) is 0 Å². The maximum atomic E-state index is 10.4. The van der Waals surface area contributed by atoms with Crippen molar-refractivity contribution < 1.29 is 109 Å². The van der Waals surface area contributed by atoms with Gasteiger partial charge in [0.05, 0.1) is 163 Å². The van der Waals surface area contributed by atoms with Crippen LogP contribution >= 0.6 is 0 Å². The molecule has 108 heavy (non-hydrogen) atoms. The number of hydrogen-bond donors (Lipinski definition) is 14. The molecule has 0 spiro atoms. The molecule has 21 unspecified atom stereocenters. The van der Waals surface area contributed by atoms with Gasteiger partial charge in [-0.25, -0.2) is 0 Å². The molecule has 3 fully saturated rings. The highest BCUT2D eigenvalue weighted by atomic mass is 16.6. The van der Waals surface area contributed by atoms with Gasteiger partial charge in [0, 0.05) is 19.3 Å². The molecule has 21 atom stereocenters. The molecular formula is C86H176O22. The van der Waals surface area contributed by atoms with Crippen molar-refractivity contribution in [2.75, 3.05) is 59.5 Å². The predicted octanol–water partition coefficient (Wildman–Crippen LogP) is 12.8. The first-order valence-corrected chi connectivity index (χ1v) is 42.8. The van der Waals surface area contributed by atoms with Gasteiger partial charge in [0.15, 0.2) is 0 Å². The molecule has 652 valence electrons. The van der Waals surface area contributed by atoms with E-state index in [2.05, 4.69) is 96.9 Å². The normalized spacial score (nSPS) is 24.1. The second-order valence-electron chi connectivity index (χ2n) is 36.8. The third-order valence-electron chi connectivity index (χ3n) is 20.4. The molecule has 0 amide bonds. The van der Waals surface area contributed by atoms with E-state index >= 15 is 0 Å². The zero-order chi connectivity index (χ0) is 82.9. The van der Waals surface area contributed by atoms with E-state index in [0.29, 0.717) is 32.3 Å². The highest BCUT2D eigenvalue weighted by Crippen LogP contribution is 2.40. The van der Waals surface area contributed by atoms with E-state index in [-0.39, 0.29) is 147 Å². The molecule has 0 aliphatic carbocycles. The topological polar surface area (TPSA) is 357 Å². The molecule has 0 aromatic carbocycles. The molecule has 0 aromatic rings. The Kier molecular flexibility index (Phi) is 61.2. The Bertz CT molecular complexity index is 2030. The molecule has 0 bridgehead atoms. The summed E-state index contributed by atoms with van der Waals surface area (Å²) in [7, 11) is 0. The van der Waals surface area contributed by atoms with Crippen molar-refractivity contribution in [3.8, 4) is 0 Å². The van der Waals surface area contributed by atoms with Crippen LogP contribution in [0.2, 0.25) is 0 Å². The molecule has 22 heteroatoms. The van der Waals surface area contributed by atoms with Crippen molar-refractivity contribution in [2.24, 2.45) is 27.1 Å². The van der Waals surface area contributed by atoms with Crippen LogP contribution in [0.15, 0.2) is 0 Å². The van der Waals surface area contributed by atoms with Gasteiger partial charge in [0.25, 0.3) is 0 Å². The lowest BCUT2D eigenvalue weighted by molar-refractivity contribution is -0.130. The molecule has 0 saturated carbocycles. The van der Waals surface area contributed by atoms with Crippen LogP contribution in [-0.4, -0.2) is 259 Å². The van der Waals surface area contributed by atoms with Gasteiger partial charge in [0.1, 0.15) is 24.4 Å². The van der Waals surface area contributed by atoms with Gasteiger partial charge >= 0.3 is 0 Å². The van der Waals surface area contributed by atoms with Crippen molar-refractivity contribution in [1.82, 2.24) is 0 Å². The Morgan fingerprint density at radius 2 is 0.787 bits per heavy atom. The second-order valence-corrected chi connectivity index (χ2v) is 36.8. The van der Waals surface area contributed by atoms with Crippen LogP contribution in [0.25, 0.3) is 0 Å². The van der Waals surface area contributed by atoms with Gasteiger partial charge in [-0.05, 0) is 65.6 Å². The number of aliphatic hydroxyl groups is 14. The van der Waals surface area contributed by atoms with E-state index in [1.54, 1.807) is 0 Å². The third-order valence-corrected chi connectivity index (χ3v) is 20.4. The van der Waals surface area contributed by atoms with Crippen LogP contribution in [0.5, 0.6) is 0 Å². The minimum atomic E-state index is -0.879. The maximum absolute atomic E-state index is 10.4. The molecule has 0 aromatic heterocycles. The lowest BCUT2D eigenvalue weighted by Gasteiger charge is -2.35. The van der Waals surface area contributed by atoms with Crippen LogP contribution in [0.3, 0.4) is 0 Å². The van der Waals surface area contributed by atoms with Crippen molar-refractivity contribution >= 4 is 0 Å². The Hall–Kier alpha value is -0.880. The van der Waals surface area contributed by atoms with Gasteiger partial charge in [-0.15, -0.1) is 0 Å². The summed E-state index contributed by atoms with van der Waals surface area (Å²) in [6.45, 7) is 43.1. The first kappa shape index (κ1) is 109. The summed E-state index contributed by atoms with van der Waals surface area (Å²) >= 11 is 0. The molecule has 14 N–H and O–H groups in total. The van der Waals surface area contributed by atoms with E-state index in [0.717, 1.165) is 103 Å². The summed E-state index contributed by atoms with van der Waals surface area (Å²) in [6, 6.07) is 0. The Labute approximate surface area is 659 Å². The highest BCUT2D eigenvalue weighted by molar-refractivity contribution is 4.96. The van der Waals surface area contributed by atoms with Gasteiger partial charge in [0.2, 0.25) is 0 Å². The summed E-state index contributed by atoms with van der Waals surface area (Å²) in [5.74, 6) is 0. The fourth-order valence-electron chi connectivity index (χ4n) is 13.8. The molecular weight excluding hydrogens is 1380 g/mol. The van der Waals surface area contributed by atoms with E-state index in [1.165, 1.54) is 64.2 Å². The van der Waals surface area contributed by atoms with E-state index in [1.807, 2.05) is 48.5 Å². The second kappa shape index (κ2) is 60.6. The molecule has 3 saturated heterocycles. The molecule has 3 aliphatic rings. The van der Waals surface area contributed by atoms with Crippen molar-refractivity contribution in [1.29, 1.82) is 0 Å². The largest absolute Gasteiger partial charge is 0.394 e. The lowest BCUT2D eigenvalue weighted by Crippen LogP contribution is -2.42. The highest BCUT2D eigenvalue weighted by Gasteiger charge is 2.47. The summed E-state index contributed by atoms with van der Waals surface area (Å²) < 4.78 is 47.1. The number of unbranched alkanes of at least 4 members (excludes halogenated alkanes) is 16. The van der Waals surface area contributed by atoms with Crippen LogP contribution in [-0.2, 0) is 37.9 Å². The zero-order valence-corrected chi connectivity index (χ0v) is 72.7. The van der Waals surface area contributed by atoms with Crippen LogP contribution in [0, 0.1) is 27.1 Å². The van der Waals surface area contributed by atoms with Crippen molar-refractivity contribution in [3.05, 3.63) is 0 Å². The lowest BCUT2D eigenvalue weighted by atomic mass is 9.84. The van der Waals surface area contributed by atoms with E-state index in [9.17, 15) is 51.1 Å². The summed E-state index contributed by atoms with van der Waals surface area (Å²) in [4.78, 5) is 0. The summed E-state index contributed by atoms with van der Waals surface area (Å²) in [6.07, 6.45) is 22.7. The summed E-state index contributed by atoms with van der Waals surface area (Å²) in [5, 5.41) is 135. The van der Waals surface area contributed by atoms with Crippen LogP contribution in [0.4, 0.5) is 0 Å². The van der Waals surface area contributed by atoms with Gasteiger partial charge < -0.3 is 109 Å². The Morgan fingerprint density at radius 1 is 0.370 bits per heavy atom. The zero-order valence-electron chi connectivity index (χ0n) is 72.7. The van der Waals surface area contributed by atoms with Gasteiger partial charge in [-0.2, -0.15) is 0 Å². The minimum Gasteiger partial charge on any atom is -0.394 e. The number of aliphatic hydroxyl groups excluding tert-OH is 14. The average Bonchev–Trinajstić information content (AvgIpc) is 1.68. The SMILES string of the molecule is CCCCCC(O)C1CC(OCC(O)CO)C(C(C)(C)C)O1.CCCCCC(OCC(O)CO)C1CC(O)C(C(C)(C)C)O1.CCCCCC1OC(C(OCC(O)CC)C(C)(C)C)CC1O.CCCCCCCCC(O)C(OCC(O)CO)C(C)(C)C.CCCCCCCCC(OCC(O)CO)C(O)C(C)(C)C. The monoisotopic (exact) mass is 1560 g/mol. The molecule has 3 rings (SSSR count). The minimum absolute atomic E-state index is 0.0615. The Morgan fingerprint density at radius 3 is 1.25 bits per heavy atom. The third kappa shape index (κ3) is 49.9. The van der Waals surface area contributed by atoms with Crippen molar-refractivity contribution in [2.45, 2.75) is 466 Å². The smallest absolute Gasteiger partial charge is 0.100 e. The van der Waals surface area contributed by atoms with E-state index < -0.39 is 61.0 Å².